The van der Waals surface area contributed by atoms with Crippen LogP contribution >= 0.6 is 0 Å². The Morgan fingerprint density at radius 1 is 1.89 bits per heavy atom. The van der Waals surface area contributed by atoms with E-state index in [1.54, 1.807) is 0 Å². The van der Waals surface area contributed by atoms with Crippen LogP contribution in [0.2, 0.25) is 0 Å². The van der Waals surface area contributed by atoms with E-state index in [0.29, 0.717) is 0 Å². The maximum atomic E-state index is 10.3. The van der Waals surface area contributed by atoms with Crippen LogP contribution in [0, 0.1) is 16.5 Å². The highest BCUT2D eigenvalue weighted by molar-refractivity contribution is 5.37. The molecule has 1 heterocycles. The van der Waals surface area contributed by atoms with E-state index in [0.717, 1.165) is 0 Å². The minimum atomic E-state index is -0.310. The normalized spacial score (nSPS) is 8.78. The van der Waals surface area contributed by atoms with Gasteiger partial charge in [-0.25, -0.2) is 0 Å². The van der Waals surface area contributed by atoms with Crippen molar-refractivity contribution in [3.63, 3.8) is 0 Å². The van der Waals surface area contributed by atoms with Crippen LogP contribution in [0.5, 0.6) is 0 Å². The molecule has 9 heavy (non-hydrogen) atoms. The Kier molecular flexibility index (Phi) is 0.971. The van der Waals surface area contributed by atoms with E-state index in [4.69, 9.17) is 11.0 Å². The second-order valence-corrected chi connectivity index (χ2v) is 1.28. The molecular formula is C3H2N4O2. The van der Waals surface area contributed by atoms with Gasteiger partial charge in [-0.1, -0.05) is 0 Å². The molecule has 0 saturated carbocycles. The Morgan fingerprint density at radius 3 is 2.78 bits per heavy atom. The standard InChI is InChI=1S/C3H2N4O2/c4-1-2-3(5)6-9-7(2)8/h(H2,5,6). The molecule has 0 aliphatic rings. The van der Waals surface area contributed by atoms with Gasteiger partial charge in [0.25, 0.3) is 0 Å². The molecule has 0 radical (unpaired) electrons. The summed E-state index contributed by atoms with van der Waals surface area (Å²) in [6, 6.07) is 1.51. The highest BCUT2D eigenvalue weighted by atomic mass is 16.8. The van der Waals surface area contributed by atoms with Crippen LogP contribution < -0.4 is 10.6 Å². The zero-order valence-electron chi connectivity index (χ0n) is 4.24. The van der Waals surface area contributed by atoms with Gasteiger partial charge in [0.2, 0.25) is 0 Å². The van der Waals surface area contributed by atoms with Gasteiger partial charge in [-0.15, -0.1) is 0 Å². The molecule has 6 nitrogen and oxygen atoms in total. The van der Waals surface area contributed by atoms with Crippen molar-refractivity contribution in [2.45, 2.75) is 0 Å². The van der Waals surface area contributed by atoms with Gasteiger partial charge in [-0.3, -0.25) is 4.63 Å². The lowest BCUT2D eigenvalue weighted by Crippen LogP contribution is -2.26. The molecule has 0 fully saturated rings. The van der Waals surface area contributed by atoms with E-state index in [9.17, 15) is 5.21 Å². The van der Waals surface area contributed by atoms with Crippen molar-refractivity contribution in [1.29, 1.82) is 5.26 Å². The van der Waals surface area contributed by atoms with Gasteiger partial charge in [0.1, 0.15) is 0 Å². The maximum absolute atomic E-state index is 10.3. The number of nitriles is 1. The molecule has 0 spiro atoms. The first-order chi connectivity index (χ1) is 4.25. The Balaban J connectivity index is 3.27. The van der Waals surface area contributed by atoms with Gasteiger partial charge in [0, 0.05) is 0 Å². The summed E-state index contributed by atoms with van der Waals surface area (Å²) in [4.78, 5) is -0.0463. The maximum Gasteiger partial charge on any atom is 0.323 e. The quantitative estimate of drug-likeness (QED) is 0.438. The molecular weight excluding hydrogens is 124 g/mol. The number of hydrogen-bond donors (Lipinski definition) is 1. The molecule has 0 saturated heterocycles. The van der Waals surface area contributed by atoms with Crippen molar-refractivity contribution in [3.8, 4) is 6.07 Å². The summed E-state index contributed by atoms with van der Waals surface area (Å²) in [5.41, 5.74) is 4.69. The highest BCUT2D eigenvalue weighted by Gasteiger charge is 2.13. The molecule has 0 aromatic carbocycles. The molecule has 0 bridgehead atoms. The predicted octanol–water partition coefficient (Wildman–Crippen LogP) is -1.24. The van der Waals surface area contributed by atoms with Crippen molar-refractivity contribution < 1.29 is 9.53 Å². The van der Waals surface area contributed by atoms with Crippen LogP contribution in [0.3, 0.4) is 0 Å². The Hall–Kier alpha value is -1.77. The third-order valence-electron chi connectivity index (χ3n) is 0.744. The summed E-state index contributed by atoms with van der Waals surface area (Å²) in [5, 5.41) is 21.4. The van der Waals surface area contributed by atoms with E-state index in [1.807, 2.05) is 0 Å². The minimum Gasteiger partial charge on any atom is -0.358 e. The Labute approximate surface area is 49.6 Å². The molecule has 0 unspecified atom stereocenters. The van der Waals surface area contributed by atoms with Crippen molar-refractivity contribution in [1.82, 2.24) is 5.16 Å². The molecule has 0 aliphatic carbocycles. The fraction of sp³-hybridized carbons (Fsp3) is 0. The van der Waals surface area contributed by atoms with E-state index in [1.165, 1.54) is 6.07 Å². The summed E-state index contributed by atoms with van der Waals surface area (Å²) in [6.45, 7) is 0. The van der Waals surface area contributed by atoms with E-state index < -0.39 is 0 Å². The number of rotatable bonds is 0. The first-order valence-electron chi connectivity index (χ1n) is 2.01. The predicted molar refractivity (Wildman–Crippen MR) is 24.6 cm³/mol. The number of aromatic nitrogens is 2. The SMILES string of the molecule is N#Cc1c(N)no[n+]1[O-]. The van der Waals surface area contributed by atoms with Crippen molar-refractivity contribution in [2.75, 3.05) is 5.73 Å². The lowest BCUT2D eigenvalue weighted by molar-refractivity contribution is -0.804. The summed E-state index contributed by atoms with van der Waals surface area (Å²) in [6.07, 6.45) is 0. The van der Waals surface area contributed by atoms with Crippen LogP contribution in [-0.2, 0) is 0 Å². The molecule has 1 rings (SSSR count). The zero-order valence-corrected chi connectivity index (χ0v) is 4.24. The van der Waals surface area contributed by atoms with E-state index in [2.05, 4.69) is 9.79 Å². The summed E-state index contributed by atoms with van der Waals surface area (Å²) >= 11 is 0. The lowest BCUT2D eigenvalue weighted by Gasteiger charge is -1.79. The largest absolute Gasteiger partial charge is 0.358 e. The molecule has 46 valence electrons. The molecule has 0 atom stereocenters. The highest BCUT2D eigenvalue weighted by Crippen LogP contribution is 1.97. The van der Waals surface area contributed by atoms with Gasteiger partial charge in [-0.05, 0) is 4.90 Å². The molecule has 1 aromatic rings. The first-order valence-corrected chi connectivity index (χ1v) is 2.01. The fourth-order valence-corrected chi connectivity index (χ4v) is 0.357. The number of nitrogens with zero attached hydrogens (tertiary/aromatic N) is 3. The smallest absolute Gasteiger partial charge is 0.323 e. The fourth-order valence-electron chi connectivity index (χ4n) is 0.357. The van der Waals surface area contributed by atoms with Crippen LogP contribution in [-0.4, -0.2) is 5.16 Å². The summed E-state index contributed by atoms with van der Waals surface area (Å²) in [7, 11) is 0. The van der Waals surface area contributed by atoms with Gasteiger partial charge >= 0.3 is 11.5 Å². The second-order valence-electron chi connectivity index (χ2n) is 1.28. The third kappa shape index (κ3) is 0.637. The van der Waals surface area contributed by atoms with Gasteiger partial charge < -0.3 is 10.9 Å². The minimum absolute atomic E-state index is 0.0463. The molecule has 6 heteroatoms. The number of nitrogen functional groups attached to an aromatic ring is 1. The van der Waals surface area contributed by atoms with Crippen LogP contribution in [0.4, 0.5) is 5.82 Å². The number of anilines is 1. The monoisotopic (exact) mass is 126 g/mol. The van der Waals surface area contributed by atoms with Gasteiger partial charge in [-0.2, -0.15) is 5.26 Å². The van der Waals surface area contributed by atoms with Crippen LogP contribution in [0.15, 0.2) is 4.63 Å². The van der Waals surface area contributed by atoms with Crippen LogP contribution in [0.25, 0.3) is 0 Å². The molecule has 1 aromatic heterocycles. The topological polar surface area (TPSA) is 103 Å². The third-order valence-corrected chi connectivity index (χ3v) is 0.744. The average Bonchev–Trinajstić information content (AvgIpc) is 2.12. The second kappa shape index (κ2) is 1.63. The summed E-state index contributed by atoms with van der Waals surface area (Å²) < 4.78 is 3.95. The zero-order chi connectivity index (χ0) is 6.85. The van der Waals surface area contributed by atoms with E-state index >= 15 is 0 Å². The van der Waals surface area contributed by atoms with Crippen LogP contribution in [0.1, 0.15) is 5.69 Å². The summed E-state index contributed by atoms with van der Waals surface area (Å²) in [5.74, 6) is -0.187. The molecule has 0 aliphatic heterocycles. The average molecular weight is 126 g/mol. The number of hydrogen-bond acceptors (Lipinski definition) is 5. The Morgan fingerprint density at radius 2 is 2.56 bits per heavy atom. The van der Waals surface area contributed by atoms with Gasteiger partial charge in [0.15, 0.2) is 6.07 Å². The van der Waals surface area contributed by atoms with Crippen molar-refractivity contribution in [2.24, 2.45) is 0 Å². The Bertz CT molecular complexity index is 240. The molecule has 0 amide bonds. The van der Waals surface area contributed by atoms with Gasteiger partial charge in [0.05, 0.1) is 5.16 Å². The first kappa shape index (κ1) is 5.37. The van der Waals surface area contributed by atoms with E-state index in [-0.39, 0.29) is 16.4 Å². The molecule has 2 N–H and O–H groups in total. The lowest BCUT2D eigenvalue weighted by atomic mass is 10.5. The van der Waals surface area contributed by atoms with Crippen molar-refractivity contribution >= 4 is 5.82 Å². The number of nitrogens with two attached hydrogens (primary N) is 1. The van der Waals surface area contributed by atoms with Crippen molar-refractivity contribution in [3.05, 3.63) is 10.9 Å².